The number of benzene rings is 2. The summed E-state index contributed by atoms with van der Waals surface area (Å²) in [6, 6.07) is 15.9. The van der Waals surface area contributed by atoms with E-state index in [4.69, 9.17) is 5.73 Å². The second-order valence-corrected chi connectivity index (χ2v) is 6.63. The van der Waals surface area contributed by atoms with Crippen molar-refractivity contribution in [1.29, 1.82) is 0 Å². The van der Waals surface area contributed by atoms with Crippen LogP contribution in [-0.4, -0.2) is 15.0 Å². The van der Waals surface area contributed by atoms with Gasteiger partial charge in [-0.15, -0.1) is 0 Å². The van der Waals surface area contributed by atoms with Crippen molar-refractivity contribution in [2.75, 3.05) is 6.54 Å². The maximum absolute atomic E-state index is 12.6. The molecule has 0 aromatic heterocycles. The van der Waals surface area contributed by atoms with Crippen LogP contribution in [0.5, 0.6) is 0 Å². The highest BCUT2D eigenvalue weighted by Gasteiger charge is 2.27. The van der Waals surface area contributed by atoms with E-state index in [1.54, 1.807) is 30.3 Å². The Balaban J connectivity index is 2.48. The minimum atomic E-state index is -3.45. The number of aryl methyl sites for hydroxylation is 1. The summed E-state index contributed by atoms with van der Waals surface area (Å²) in [5.74, 6) is 0. The van der Waals surface area contributed by atoms with Gasteiger partial charge >= 0.3 is 0 Å². The van der Waals surface area contributed by atoms with E-state index in [1.807, 2.05) is 31.2 Å². The van der Waals surface area contributed by atoms with Crippen molar-refractivity contribution in [1.82, 2.24) is 0 Å². The van der Waals surface area contributed by atoms with Crippen molar-refractivity contribution < 1.29 is 8.42 Å². The fourth-order valence-corrected chi connectivity index (χ4v) is 3.71. The lowest BCUT2D eigenvalue weighted by atomic mass is 10.1. The summed E-state index contributed by atoms with van der Waals surface area (Å²) in [7, 11) is -3.45. The van der Waals surface area contributed by atoms with Gasteiger partial charge in [-0.05, 0) is 24.6 Å². The summed E-state index contributed by atoms with van der Waals surface area (Å²) in [5.41, 5.74) is 7.47. The molecule has 0 unspecified atom stereocenters. The highest BCUT2D eigenvalue weighted by molar-refractivity contribution is 7.91. The van der Waals surface area contributed by atoms with Crippen LogP contribution in [0, 0.1) is 6.92 Å². The smallest absolute Gasteiger partial charge is 0.186 e. The Bertz CT molecular complexity index is 651. The Morgan fingerprint density at radius 2 is 1.74 bits per heavy atom. The van der Waals surface area contributed by atoms with Crippen LogP contribution in [0.4, 0.5) is 0 Å². The minimum absolute atomic E-state index is 0.0701. The number of nitrogens with two attached hydrogens (primary N) is 1. The van der Waals surface area contributed by atoms with Gasteiger partial charge in [0.15, 0.2) is 9.84 Å². The molecule has 1 atom stereocenters. The number of hydrogen-bond acceptors (Lipinski definition) is 3. The molecule has 0 aliphatic carbocycles. The van der Waals surface area contributed by atoms with E-state index in [1.165, 1.54) is 0 Å². The van der Waals surface area contributed by atoms with E-state index >= 15 is 0 Å². The molecule has 19 heavy (non-hydrogen) atoms. The second-order valence-electron chi connectivity index (χ2n) is 4.50. The standard InChI is InChI=1S/C15H17NO2S/c1-12-6-5-7-13(10-12)15(11-16)19(17,18)14-8-3-2-4-9-14/h2-10,15H,11,16H2,1H3/t15-/m0/s1. The molecule has 0 radical (unpaired) electrons. The SMILES string of the molecule is Cc1cccc([C@H](CN)S(=O)(=O)c2ccccc2)c1. The van der Waals surface area contributed by atoms with Crippen molar-refractivity contribution in [2.45, 2.75) is 17.1 Å². The molecule has 100 valence electrons. The van der Waals surface area contributed by atoms with Crippen LogP contribution in [0.1, 0.15) is 16.4 Å². The maximum atomic E-state index is 12.6. The molecule has 0 heterocycles. The fraction of sp³-hybridized carbons (Fsp3) is 0.200. The van der Waals surface area contributed by atoms with Crippen LogP contribution in [0.15, 0.2) is 59.5 Å². The summed E-state index contributed by atoms with van der Waals surface area (Å²) in [4.78, 5) is 0.312. The number of sulfone groups is 1. The van der Waals surface area contributed by atoms with Crippen molar-refractivity contribution in [2.24, 2.45) is 5.73 Å². The van der Waals surface area contributed by atoms with E-state index in [0.717, 1.165) is 11.1 Å². The molecule has 0 bridgehead atoms. The summed E-state index contributed by atoms with van der Waals surface area (Å²) in [6.45, 7) is 2.01. The summed E-state index contributed by atoms with van der Waals surface area (Å²) >= 11 is 0. The van der Waals surface area contributed by atoms with Gasteiger partial charge in [-0.2, -0.15) is 0 Å². The summed E-state index contributed by atoms with van der Waals surface area (Å²) in [5, 5.41) is -0.699. The Kier molecular flexibility index (Phi) is 4.02. The Hall–Kier alpha value is -1.65. The predicted molar refractivity (Wildman–Crippen MR) is 76.6 cm³/mol. The molecular weight excluding hydrogens is 258 g/mol. The average Bonchev–Trinajstić information content (AvgIpc) is 2.40. The molecule has 4 heteroatoms. The third-order valence-electron chi connectivity index (χ3n) is 3.07. The van der Waals surface area contributed by atoms with Gasteiger partial charge in [0.25, 0.3) is 0 Å². The van der Waals surface area contributed by atoms with E-state index < -0.39 is 15.1 Å². The molecule has 0 saturated carbocycles. The third kappa shape index (κ3) is 2.85. The van der Waals surface area contributed by atoms with Gasteiger partial charge in [0.2, 0.25) is 0 Å². The zero-order valence-electron chi connectivity index (χ0n) is 10.8. The fourth-order valence-electron chi connectivity index (χ4n) is 2.09. The molecule has 0 aliphatic heterocycles. The molecule has 2 N–H and O–H groups in total. The van der Waals surface area contributed by atoms with Gasteiger partial charge in [-0.3, -0.25) is 0 Å². The molecule has 0 spiro atoms. The number of rotatable bonds is 4. The number of hydrogen-bond donors (Lipinski definition) is 1. The topological polar surface area (TPSA) is 60.2 Å². The summed E-state index contributed by atoms with van der Waals surface area (Å²) < 4.78 is 25.2. The molecule has 0 aliphatic rings. The van der Waals surface area contributed by atoms with Crippen LogP contribution in [-0.2, 0) is 9.84 Å². The van der Waals surface area contributed by atoms with Crippen LogP contribution in [0.25, 0.3) is 0 Å². The van der Waals surface area contributed by atoms with Gasteiger partial charge < -0.3 is 5.73 Å². The molecule has 0 saturated heterocycles. The van der Waals surface area contributed by atoms with Crippen LogP contribution in [0.2, 0.25) is 0 Å². The zero-order valence-corrected chi connectivity index (χ0v) is 11.6. The molecular formula is C15H17NO2S. The molecule has 2 rings (SSSR count). The quantitative estimate of drug-likeness (QED) is 0.932. The molecule has 2 aromatic rings. The van der Waals surface area contributed by atoms with E-state index in [0.29, 0.717) is 4.90 Å². The lowest BCUT2D eigenvalue weighted by molar-refractivity contribution is 0.582. The van der Waals surface area contributed by atoms with E-state index in [2.05, 4.69) is 0 Å². The van der Waals surface area contributed by atoms with Crippen molar-refractivity contribution in [3.63, 3.8) is 0 Å². The summed E-state index contributed by atoms with van der Waals surface area (Å²) in [6.07, 6.45) is 0. The van der Waals surface area contributed by atoms with Crippen molar-refractivity contribution in [3.05, 3.63) is 65.7 Å². The molecule has 0 amide bonds. The first-order valence-corrected chi connectivity index (χ1v) is 7.66. The largest absolute Gasteiger partial charge is 0.329 e. The molecule has 3 nitrogen and oxygen atoms in total. The third-order valence-corrected chi connectivity index (χ3v) is 5.22. The first-order valence-electron chi connectivity index (χ1n) is 6.11. The average molecular weight is 275 g/mol. The minimum Gasteiger partial charge on any atom is -0.329 e. The second kappa shape index (κ2) is 5.55. The first-order chi connectivity index (χ1) is 9.05. The predicted octanol–water partition coefficient (Wildman–Crippen LogP) is 2.47. The van der Waals surface area contributed by atoms with Crippen LogP contribution >= 0.6 is 0 Å². The van der Waals surface area contributed by atoms with Crippen LogP contribution in [0.3, 0.4) is 0 Å². The monoisotopic (exact) mass is 275 g/mol. The molecule has 0 fully saturated rings. The zero-order chi connectivity index (χ0) is 13.9. The maximum Gasteiger partial charge on any atom is 0.186 e. The Morgan fingerprint density at radius 3 is 2.32 bits per heavy atom. The lowest BCUT2D eigenvalue weighted by Gasteiger charge is -2.16. The van der Waals surface area contributed by atoms with Gasteiger partial charge in [0, 0.05) is 6.54 Å². The Morgan fingerprint density at radius 1 is 1.05 bits per heavy atom. The van der Waals surface area contributed by atoms with Gasteiger partial charge in [-0.25, -0.2) is 8.42 Å². The van der Waals surface area contributed by atoms with E-state index in [9.17, 15) is 8.42 Å². The van der Waals surface area contributed by atoms with E-state index in [-0.39, 0.29) is 6.54 Å². The van der Waals surface area contributed by atoms with Crippen molar-refractivity contribution >= 4 is 9.84 Å². The highest BCUT2D eigenvalue weighted by Crippen LogP contribution is 2.28. The van der Waals surface area contributed by atoms with Gasteiger partial charge in [-0.1, -0.05) is 48.0 Å². The van der Waals surface area contributed by atoms with Gasteiger partial charge in [0.05, 0.1) is 4.90 Å². The van der Waals surface area contributed by atoms with Crippen molar-refractivity contribution in [3.8, 4) is 0 Å². The van der Waals surface area contributed by atoms with Crippen LogP contribution < -0.4 is 5.73 Å². The normalized spacial score (nSPS) is 13.2. The first kappa shape index (κ1) is 13.8. The van der Waals surface area contributed by atoms with Gasteiger partial charge in [0.1, 0.15) is 5.25 Å². The molecule has 2 aromatic carbocycles. The Labute approximate surface area is 114 Å². The highest BCUT2D eigenvalue weighted by atomic mass is 32.2. The lowest BCUT2D eigenvalue weighted by Crippen LogP contribution is -2.22.